The number of rotatable bonds is 4. The van der Waals surface area contributed by atoms with E-state index in [0.29, 0.717) is 22.3 Å². The first-order chi connectivity index (χ1) is 13.2. The number of pyridine rings is 1. The molecule has 0 radical (unpaired) electrons. The van der Waals surface area contributed by atoms with Crippen LogP contribution in [0.5, 0.6) is 0 Å². The number of anilines is 5. The highest BCUT2D eigenvalue weighted by atomic mass is 35.5. The highest BCUT2D eigenvalue weighted by molar-refractivity contribution is 6.30. The standard InChI is InChI=1S/C19H20ClN7/c20-14-6-7-16(22-12-14)25-18-17(21)19(24-13-23-18)27-10-8-26(9-11-27)15-4-2-1-3-5-15/h1-7,12-13H,8-11,21H2,(H,22,23,24,25). The minimum Gasteiger partial charge on any atom is -0.393 e. The number of hydrogen-bond donors (Lipinski definition) is 2. The van der Waals surface area contributed by atoms with Gasteiger partial charge in [-0.05, 0) is 24.3 Å². The Morgan fingerprint density at radius 3 is 2.33 bits per heavy atom. The second-order valence-electron chi connectivity index (χ2n) is 6.26. The van der Waals surface area contributed by atoms with E-state index in [1.54, 1.807) is 18.3 Å². The van der Waals surface area contributed by atoms with Crippen LogP contribution in [0.2, 0.25) is 5.02 Å². The van der Waals surface area contributed by atoms with Crippen molar-refractivity contribution in [3.8, 4) is 0 Å². The Labute approximate surface area is 162 Å². The van der Waals surface area contributed by atoms with Gasteiger partial charge in [-0.1, -0.05) is 29.8 Å². The number of nitrogen functional groups attached to an aromatic ring is 1. The predicted octanol–water partition coefficient (Wildman–Crippen LogP) is 3.18. The summed E-state index contributed by atoms with van der Waals surface area (Å²) < 4.78 is 0. The number of piperazine rings is 1. The number of hydrogen-bond acceptors (Lipinski definition) is 7. The Morgan fingerprint density at radius 1 is 0.889 bits per heavy atom. The molecule has 3 heterocycles. The lowest BCUT2D eigenvalue weighted by atomic mass is 10.2. The van der Waals surface area contributed by atoms with Crippen LogP contribution >= 0.6 is 11.6 Å². The molecule has 3 N–H and O–H groups in total. The fourth-order valence-electron chi connectivity index (χ4n) is 3.12. The van der Waals surface area contributed by atoms with E-state index in [1.807, 2.05) is 6.07 Å². The first-order valence-corrected chi connectivity index (χ1v) is 9.12. The van der Waals surface area contributed by atoms with Crippen LogP contribution in [0.4, 0.5) is 28.8 Å². The molecule has 0 bridgehead atoms. The van der Waals surface area contributed by atoms with Gasteiger partial charge in [0.15, 0.2) is 11.6 Å². The van der Waals surface area contributed by atoms with Crippen LogP contribution in [0.1, 0.15) is 0 Å². The predicted molar refractivity (Wildman–Crippen MR) is 110 cm³/mol. The molecule has 27 heavy (non-hydrogen) atoms. The quantitative estimate of drug-likeness (QED) is 0.718. The van der Waals surface area contributed by atoms with Crippen molar-refractivity contribution in [2.75, 3.05) is 47.0 Å². The van der Waals surface area contributed by atoms with Gasteiger partial charge in [0.25, 0.3) is 0 Å². The number of nitrogens with two attached hydrogens (primary N) is 1. The van der Waals surface area contributed by atoms with Gasteiger partial charge < -0.3 is 20.9 Å². The van der Waals surface area contributed by atoms with Crippen molar-refractivity contribution in [2.24, 2.45) is 0 Å². The summed E-state index contributed by atoms with van der Waals surface area (Å²) in [7, 11) is 0. The van der Waals surface area contributed by atoms with Gasteiger partial charge in [-0.15, -0.1) is 0 Å². The molecule has 3 aromatic rings. The fourth-order valence-corrected chi connectivity index (χ4v) is 3.24. The van der Waals surface area contributed by atoms with Crippen LogP contribution in [0.25, 0.3) is 0 Å². The summed E-state index contributed by atoms with van der Waals surface area (Å²) in [4.78, 5) is 17.4. The highest BCUT2D eigenvalue weighted by Gasteiger charge is 2.21. The molecule has 1 aliphatic heterocycles. The van der Waals surface area contributed by atoms with E-state index in [1.165, 1.54) is 12.0 Å². The van der Waals surface area contributed by atoms with E-state index in [-0.39, 0.29) is 0 Å². The van der Waals surface area contributed by atoms with Crippen molar-refractivity contribution in [3.05, 3.63) is 60.0 Å². The van der Waals surface area contributed by atoms with Crippen LogP contribution < -0.4 is 20.9 Å². The molecule has 0 unspecified atom stereocenters. The molecule has 0 atom stereocenters. The SMILES string of the molecule is Nc1c(Nc2ccc(Cl)cn2)ncnc1N1CCN(c2ccccc2)CC1. The summed E-state index contributed by atoms with van der Waals surface area (Å²) in [6, 6.07) is 14.0. The van der Waals surface area contributed by atoms with E-state index < -0.39 is 0 Å². The minimum atomic E-state index is 0.516. The Hall–Kier alpha value is -3.06. The molecule has 0 amide bonds. The third-order valence-electron chi connectivity index (χ3n) is 4.54. The fraction of sp³-hybridized carbons (Fsp3) is 0.211. The largest absolute Gasteiger partial charge is 0.393 e. The van der Waals surface area contributed by atoms with Crippen molar-refractivity contribution < 1.29 is 0 Å². The van der Waals surface area contributed by atoms with Crippen molar-refractivity contribution in [2.45, 2.75) is 0 Å². The number of halogens is 1. The van der Waals surface area contributed by atoms with Crippen LogP contribution in [-0.4, -0.2) is 41.1 Å². The smallest absolute Gasteiger partial charge is 0.160 e. The molecule has 4 rings (SSSR count). The second-order valence-corrected chi connectivity index (χ2v) is 6.69. The van der Waals surface area contributed by atoms with Gasteiger partial charge in [0, 0.05) is 38.1 Å². The molecule has 0 saturated carbocycles. The first-order valence-electron chi connectivity index (χ1n) is 8.75. The summed E-state index contributed by atoms with van der Waals surface area (Å²) in [6.07, 6.45) is 3.10. The maximum Gasteiger partial charge on any atom is 0.160 e. The van der Waals surface area contributed by atoms with E-state index in [0.717, 1.165) is 32.0 Å². The number of nitrogens with one attached hydrogen (secondary N) is 1. The van der Waals surface area contributed by atoms with E-state index >= 15 is 0 Å². The summed E-state index contributed by atoms with van der Waals surface area (Å²) >= 11 is 5.88. The van der Waals surface area contributed by atoms with Crippen molar-refractivity contribution in [3.63, 3.8) is 0 Å². The lowest BCUT2D eigenvalue weighted by Gasteiger charge is -2.37. The molecule has 0 spiro atoms. The number of aromatic nitrogens is 3. The maximum absolute atomic E-state index is 6.34. The Balaban J connectivity index is 1.47. The maximum atomic E-state index is 6.34. The van der Waals surface area contributed by atoms with Gasteiger partial charge in [0.2, 0.25) is 0 Å². The van der Waals surface area contributed by atoms with E-state index in [4.69, 9.17) is 17.3 Å². The topological polar surface area (TPSA) is 83.2 Å². The van der Waals surface area contributed by atoms with Gasteiger partial charge in [-0.2, -0.15) is 0 Å². The van der Waals surface area contributed by atoms with Crippen LogP contribution in [0, 0.1) is 0 Å². The van der Waals surface area contributed by atoms with Gasteiger partial charge in [0.1, 0.15) is 17.8 Å². The number of nitrogens with zero attached hydrogens (tertiary/aromatic N) is 5. The zero-order valence-corrected chi connectivity index (χ0v) is 15.5. The summed E-state index contributed by atoms with van der Waals surface area (Å²) in [5.41, 5.74) is 8.10. The average Bonchev–Trinajstić information content (AvgIpc) is 2.72. The molecule has 2 aromatic heterocycles. The molecule has 1 aromatic carbocycles. The third-order valence-corrected chi connectivity index (χ3v) is 4.76. The Bertz CT molecular complexity index is 894. The Morgan fingerprint density at radius 2 is 1.63 bits per heavy atom. The van der Waals surface area contributed by atoms with Crippen molar-refractivity contribution >= 4 is 40.4 Å². The minimum absolute atomic E-state index is 0.516. The molecule has 8 heteroatoms. The van der Waals surface area contributed by atoms with E-state index in [2.05, 4.69) is 54.3 Å². The van der Waals surface area contributed by atoms with E-state index in [9.17, 15) is 0 Å². The summed E-state index contributed by atoms with van der Waals surface area (Å²) in [5, 5.41) is 3.71. The normalized spacial score (nSPS) is 14.3. The highest BCUT2D eigenvalue weighted by Crippen LogP contribution is 2.29. The lowest BCUT2D eigenvalue weighted by Crippen LogP contribution is -2.47. The molecule has 0 aliphatic carbocycles. The first kappa shape index (κ1) is 17.4. The van der Waals surface area contributed by atoms with Crippen LogP contribution in [-0.2, 0) is 0 Å². The molecule has 1 aliphatic rings. The molecular formula is C19H20ClN7. The number of para-hydroxylation sites is 1. The molecule has 7 nitrogen and oxygen atoms in total. The lowest BCUT2D eigenvalue weighted by molar-refractivity contribution is 0.647. The van der Waals surface area contributed by atoms with Crippen molar-refractivity contribution in [1.82, 2.24) is 15.0 Å². The zero-order chi connectivity index (χ0) is 18.6. The molecular weight excluding hydrogens is 362 g/mol. The summed E-state index contributed by atoms with van der Waals surface area (Å²) in [6.45, 7) is 3.51. The number of benzene rings is 1. The molecule has 1 saturated heterocycles. The van der Waals surface area contributed by atoms with Gasteiger partial charge in [0.05, 0.1) is 5.02 Å². The molecule has 138 valence electrons. The van der Waals surface area contributed by atoms with Crippen LogP contribution in [0.15, 0.2) is 55.0 Å². The average molecular weight is 382 g/mol. The van der Waals surface area contributed by atoms with Crippen molar-refractivity contribution in [1.29, 1.82) is 0 Å². The zero-order valence-electron chi connectivity index (χ0n) is 14.7. The van der Waals surface area contributed by atoms with Gasteiger partial charge in [-0.25, -0.2) is 15.0 Å². The van der Waals surface area contributed by atoms with Crippen LogP contribution in [0.3, 0.4) is 0 Å². The second kappa shape index (κ2) is 7.67. The van der Waals surface area contributed by atoms with Gasteiger partial charge in [-0.3, -0.25) is 0 Å². The third kappa shape index (κ3) is 3.88. The summed E-state index contributed by atoms with van der Waals surface area (Å²) in [5.74, 6) is 1.92. The Kier molecular flexibility index (Phi) is 4.93. The monoisotopic (exact) mass is 381 g/mol. The van der Waals surface area contributed by atoms with Gasteiger partial charge >= 0.3 is 0 Å². The molecule has 1 fully saturated rings.